The fourth-order valence-electron chi connectivity index (χ4n) is 2.03. The van der Waals surface area contributed by atoms with Crippen molar-refractivity contribution in [3.8, 4) is 0 Å². The lowest BCUT2D eigenvalue weighted by Gasteiger charge is -2.31. The molecule has 0 radical (unpaired) electrons. The number of aliphatic hydroxyl groups is 1. The summed E-state index contributed by atoms with van der Waals surface area (Å²) >= 11 is 0. The van der Waals surface area contributed by atoms with E-state index in [9.17, 15) is 5.11 Å². The Hall–Kier alpha value is -0.900. The van der Waals surface area contributed by atoms with Gasteiger partial charge >= 0.3 is 0 Å². The van der Waals surface area contributed by atoms with E-state index in [-0.39, 0.29) is 0 Å². The summed E-state index contributed by atoms with van der Waals surface area (Å²) in [5, 5.41) is 20.4. The van der Waals surface area contributed by atoms with Gasteiger partial charge in [-0.3, -0.25) is 0 Å². The molecule has 1 aliphatic carbocycles. The lowest BCUT2D eigenvalue weighted by Crippen LogP contribution is -2.33. The zero-order chi connectivity index (χ0) is 9.15. The number of rotatable bonds is 2. The van der Waals surface area contributed by atoms with E-state index in [0.29, 0.717) is 6.42 Å². The van der Waals surface area contributed by atoms with Gasteiger partial charge in [0.15, 0.2) is 0 Å². The monoisotopic (exact) mass is 181 g/mol. The Balaban J connectivity index is 1.99. The van der Waals surface area contributed by atoms with Crippen LogP contribution >= 0.6 is 0 Å². The molecular formula is C9H15N3O. The van der Waals surface area contributed by atoms with Crippen molar-refractivity contribution in [3.63, 3.8) is 0 Å². The first-order valence-corrected chi connectivity index (χ1v) is 4.86. The van der Waals surface area contributed by atoms with Crippen LogP contribution in [-0.2, 0) is 6.42 Å². The van der Waals surface area contributed by atoms with Crippen LogP contribution in [0.2, 0.25) is 0 Å². The minimum atomic E-state index is -0.519. The van der Waals surface area contributed by atoms with Crippen LogP contribution in [0.25, 0.3) is 0 Å². The second-order valence-electron chi connectivity index (χ2n) is 3.92. The second-order valence-corrected chi connectivity index (χ2v) is 3.92. The van der Waals surface area contributed by atoms with Crippen molar-refractivity contribution in [1.82, 2.24) is 15.4 Å². The van der Waals surface area contributed by atoms with Gasteiger partial charge in [-0.2, -0.15) is 15.4 Å². The summed E-state index contributed by atoms with van der Waals surface area (Å²) < 4.78 is 0. The molecule has 0 saturated heterocycles. The Kier molecular flexibility index (Phi) is 2.31. The Morgan fingerprint density at radius 3 is 2.77 bits per heavy atom. The maximum Gasteiger partial charge on any atom is 0.0853 e. The minimum Gasteiger partial charge on any atom is -0.389 e. The first-order chi connectivity index (χ1) is 6.29. The summed E-state index contributed by atoms with van der Waals surface area (Å²) in [5.74, 6) is 0. The smallest absolute Gasteiger partial charge is 0.0853 e. The maximum atomic E-state index is 10.2. The number of aromatic nitrogens is 3. The van der Waals surface area contributed by atoms with Gasteiger partial charge in [-0.15, -0.1) is 0 Å². The fourth-order valence-corrected chi connectivity index (χ4v) is 2.03. The molecule has 1 aromatic rings. The molecule has 0 aromatic carbocycles. The summed E-state index contributed by atoms with van der Waals surface area (Å²) in [6.45, 7) is 0. The van der Waals surface area contributed by atoms with Gasteiger partial charge in [0.25, 0.3) is 0 Å². The van der Waals surface area contributed by atoms with E-state index in [1.165, 1.54) is 6.42 Å². The highest BCUT2D eigenvalue weighted by Gasteiger charge is 2.29. The Morgan fingerprint density at radius 2 is 2.15 bits per heavy atom. The molecule has 0 amide bonds. The van der Waals surface area contributed by atoms with Crippen molar-refractivity contribution in [2.24, 2.45) is 0 Å². The molecule has 2 N–H and O–H groups in total. The minimum absolute atomic E-state index is 0.519. The fraction of sp³-hybridized carbons (Fsp3) is 0.778. The van der Waals surface area contributed by atoms with Crippen LogP contribution < -0.4 is 0 Å². The van der Waals surface area contributed by atoms with Crippen molar-refractivity contribution in [2.45, 2.75) is 44.1 Å². The molecule has 1 fully saturated rings. The molecule has 1 saturated carbocycles. The quantitative estimate of drug-likeness (QED) is 0.716. The van der Waals surface area contributed by atoms with E-state index in [1.807, 2.05) is 0 Å². The number of H-pyrrole nitrogens is 1. The lowest BCUT2D eigenvalue weighted by molar-refractivity contribution is 0.00365. The van der Waals surface area contributed by atoms with Crippen molar-refractivity contribution in [2.75, 3.05) is 0 Å². The molecule has 1 aromatic heterocycles. The normalized spacial score (nSPS) is 21.6. The molecule has 0 atom stereocenters. The van der Waals surface area contributed by atoms with E-state index < -0.39 is 5.60 Å². The molecule has 2 rings (SSSR count). The average molecular weight is 181 g/mol. The number of hydrogen-bond donors (Lipinski definition) is 2. The van der Waals surface area contributed by atoms with E-state index in [4.69, 9.17) is 0 Å². The van der Waals surface area contributed by atoms with Crippen molar-refractivity contribution in [3.05, 3.63) is 11.9 Å². The Bertz CT molecular complexity index is 252. The number of nitrogens with zero attached hydrogens (tertiary/aromatic N) is 2. The first kappa shape index (κ1) is 8.69. The van der Waals surface area contributed by atoms with Crippen LogP contribution in [0.1, 0.15) is 37.8 Å². The highest BCUT2D eigenvalue weighted by atomic mass is 16.3. The molecular weight excluding hydrogens is 166 g/mol. The third-order valence-electron chi connectivity index (χ3n) is 2.76. The van der Waals surface area contributed by atoms with Crippen molar-refractivity contribution < 1.29 is 5.11 Å². The number of aromatic amines is 1. The van der Waals surface area contributed by atoms with E-state index in [0.717, 1.165) is 31.4 Å². The first-order valence-electron chi connectivity index (χ1n) is 4.86. The Labute approximate surface area is 77.4 Å². The van der Waals surface area contributed by atoms with Gasteiger partial charge in [0.1, 0.15) is 0 Å². The van der Waals surface area contributed by atoms with Crippen LogP contribution in [0.15, 0.2) is 6.20 Å². The maximum absolute atomic E-state index is 10.2. The van der Waals surface area contributed by atoms with Crippen molar-refractivity contribution in [1.29, 1.82) is 0 Å². The van der Waals surface area contributed by atoms with Crippen molar-refractivity contribution >= 4 is 0 Å². The molecule has 4 nitrogen and oxygen atoms in total. The van der Waals surface area contributed by atoms with Crippen LogP contribution in [0.3, 0.4) is 0 Å². The molecule has 72 valence electrons. The highest BCUT2D eigenvalue weighted by molar-refractivity contribution is 4.99. The van der Waals surface area contributed by atoms with Crippen LogP contribution in [0.4, 0.5) is 0 Å². The SMILES string of the molecule is OC1(Cc2cn[nH]n2)CCCCC1. The van der Waals surface area contributed by atoms with Gasteiger partial charge < -0.3 is 5.11 Å². The average Bonchev–Trinajstić information content (AvgIpc) is 2.57. The largest absolute Gasteiger partial charge is 0.389 e. The van der Waals surface area contributed by atoms with Gasteiger partial charge in [-0.05, 0) is 12.8 Å². The predicted octanol–water partition coefficient (Wildman–Crippen LogP) is 1.04. The molecule has 0 aliphatic heterocycles. The third kappa shape index (κ3) is 2.06. The molecule has 13 heavy (non-hydrogen) atoms. The summed E-state index contributed by atoms with van der Waals surface area (Å²) in [6, 6.07) is 0. The van der Waals surface area contributed by atoms with E-state index >= 15 is 0 Å². The van der Waals surface area contributed by atoms with Gasteiger partial charge in [-0.1, -0.05) is 19.3 Å². The second kappa shape index (κ2) is 3.46. The van der Waals surface area contributed by atoms with Gasteiger partial charge in [0.05, 0.1) is 17.5 Å². The molecule has 4 heteroatoms. The molecule has 1 heterocycles. The topological polar surface area (TPSA) is 61.8 Å². The molecule has 0 unspecified atom stereocenters. The summed E-state index contributed by atoms with van der Waals surface area (Å²) in [4.78, 5) is 0. The summed E-state index contributed by atoms with van der Waals surface area (Å²) in [5.41, 5.74) is 0.346. The molecule has 1 aliphatic rings. The van der Waals surface area contributed by atoms with Gasteiger partial charge in [0, 0.05) is 6.42 Å². The third-order valence-corrected chi connectivity index (χ3v) is 2.76. The molecule has 0 spiro atoms. The zero-order valence-electron chi connectivity index (χ0n) is 7.66. The van der Waals surface area contributed by atoms with Crippen LogP contribution in [0.5, 0.6) is 0 Å². The van der Waals surface area contributed by atoms with Crippen LogP contribution in [0, 0.1) is 0 Å². The standard InChI is InChI=1S/C9H15N3O/c13-9(4-2-1-3-5-9)6-8-7-10-12-11-8/h7,13H,1-6H2,(H,10,11,12). The predicted molar refractivity (Wildman–Crippen MR) is 48.1 cm³/mol. The Morgan fingerprint density at radius 1 is 1.38 bits per heavy atom. The highest BCUT2D eigenvalue weighted by Crippen LogP contribution is 2.30. The van der Waals surface area contributed by atoms with Crippen LogP contribution in [-0.4, -0.2) is 26.1 Å². The lowest BCUT2D eigenvalue weighted by atomic mass is 9.82. The van der Waals surface area contributed by atoms with E-state index in [1.54, 1.807) is 6.20 Å². The number of nitrogens with one attached hydrogen (secondary N) is 1. The van der Waals surface area contributed by atoms with E-state index in [2.05, 4.69) is 15.4 Å². The molecule has 0 bridgehead atoms. The summed E-state index contributed by atoms with van der Waals surface area (Å²) in [6.07, 6.45) is 7.65. The summed E-state index contributed by atoms with van der Waals surface area (Å²) in [7, 11) is 0. The number of hydrogen-bond acceptors (Lipinski definition) is 3. The van der Waals surface area contributed by atoms with Gasteiger partial charge in [0.2, 0.25) is 0 Å². The zero-order valence-corrected chi connectivity index (χ0v) is 7.66. The van der Waals surface area contributed by atoms with Gasteiger partial charge in [-0.25, -0.2) is 0 Å².